The molecule has 0 saturated heterocycles. The minimum absolute atomic E-state index is 0.0116. The first-order valence-corrected chi connectivity index (χ1v) is 13.7. The molecule has 0 saturated carbocycles. The number of aliphatic hydroxyl groups is 3. The van der Waals surface area contributed by atoms with Gasteiger partial charge in [-0.2, -0.15) is 0 Å². The molecule has 0 spiro atoms. The highest BCUT2D eigenvalue weighted by Gasteiger charge is 2.63. The summed E-state index contributed by atoms with van der Waals surface area (Å²) in [7, 11) is 5.18. The summed E-state index contributed by atoms with van der Waals surface area (Å²) in [6.45, 7) is 5.17. The lowest BCUT2D eigenvalue weighted by Crippen LogP contribution is -2.63. The van der Waals surface area contributed by atoms with Gasteiger partial charge in [-0.3, -0.25) is 24.2 Å². The summed E-state index contributed by atoms with van der Waals surface area (Å²) in [6.07, 6.45) is 2.08. The van der Waals surface area contributed by atoms with Crippen LogP contribution in [0.25, 0.3) is 11.1 Å². The van der Waals surface area contributed by atoms with Crippen molar-refractivity contribution >= 4 is 17.5 Å². The molecule has 0 heterocycles. The molecule has 3 aliphatic carbocycles. The lowest BCUT2D eigenvalue weighted by Gasteiger charge is -2.50. The number of hydrogen-bond acceptors (Lipinski definition) is 9. The van der Waals surface area contributed by atoms with Crippen molar-refractivity contribution in [3.8, 4) is 16.9 Å². The van der Waals surface area contributed by atoms with Crippen LogP contribution in [-0.2, 0) is 22.6 Å². The molecule has 0 fully saturated rings. The number of rotatable bonds is 7. The summed E-state index contributed by atoms with van der Waals surface area (Å²) in [5.41, 5.74) is 4.93. The molecule has 2 aromatic rings. The Bertz CT molecular complexity index is 1590. The molecule has 6 N–H and O–H groups in total. The van der Waals surface area contributed by atoms with Crippen LogP contribution in [0.15, 0.2) is 71.7 Å². The Morgan fingerprint density at radius 1 is 1.14 bits per heavy atom. The van der Waals surface area contributed by atoms with Crippen LogP contribution in [0.1, 0.15) is 27.9 Å². The number of fused-ring (bicyclic) bond motifs is 3. The van der Waals surface area contributed by atoms with Gasteiger partial charge in [0.1, 0.15) is 22.8 Å². The number of hydrogen-bond donors (Lipinski definition) is 5. The molecule has 10 heteroatoms. The summed E-state index contributed by atoms with van der Waals surface area (Å²) in [6, 6.07) is 10.0. The highest BCUT2D eigenvalue weighted by Crippen LogP contribution is 2.53. The summed E-state index contributed by atoms with van der Waals surface area (Å²) >= 11 is 0. The number of primary amides is 1. The summed E-state index contributed by atoms with van der Waals surface area (Å²) in [5, 5.41) is 45.0. The van der Waals surface area contributed by atoms with Gasteiger partial charge in [0.2, 0.25) is 5.78 Å². The number of nitrogens with zero attached hydrogens (tertiary/aromatic N) is 2. The van der Waals surface area contributed by atoms with E-state index in [2.05, 4.69) is 11.5 Å². The lowest BCUT2D eigenvalue weighted by molar-refractivity contribution is -0.148. The predicted octanol–water partition coefficient (Wildman–Crippen LogP) is 2.41. The van der Waals surface area contributed by atoms with Crippen molar-refractivity contribution in [2.75, 3.05) is 27.7 Å². The topological polar surface area (TPSA) is 165 Å². The quantitative estimate of drug-likeness (QED) is 0.247. The Balaban J connectivity index is 1.65. The fourth-order valence-electron chi connectivity index (χ4n) is 6.95. The van der Waals surface area contributed by atoms with Crippen molar-refractivity contribution in [2.24, 2.45) is 17.6 Å². The number of ketones is 2. The van der Waals surface area contributed by atoms with Crippen LogP contribution in [0, 0.1) is 11.8 Å². The number of Topliss-reactive ketones (excluding diaryl/α,β-unsaturated/α-hetero) is 2. The number of allylic oxidation sites excluding steroid dienone is 1. The third-order valence-electron chi connectivity index (χ3n) is 8.74. The maximum absolute atomic E-state index is 14.0. The minimum Gasteiger partial charge on any atom is -0.510 e. The summed E-state index contributed by atoms with van der Waals surface area (Å²) in [4.78, 5) is 43.2. The Kier molecular flexibility index (Phi) is 7.34. The van der Waals surface area contributed by atoms with Crippen molar-refractivity contribution in [1.82, 2.24) is 9.80 Å². The predicted molar refractivity (Wildman–Crippen MR) is 156 cm³/mol. The van der Waals surface area contributed by atoms with Crippen LogP contribution in [0.2, 0.25) is 0 Å². The smallest absolute Gasteiger partial charge is 0.255 e. The number of amides is 1. The first-order valence-electron chi connectivity index (χ1n) is 13.7. The van der Waals surface area contributed by atoms with E-state index < -0.39 is 58.0 Å². The molecule has 0 aliphatic heterocycles. The standard InChI is InChI=1S/C32H35N3O7/c1-5-11-35(4)15-16-7-6-8-17(12-16)19-9-10-22(36)24-20(19)13-18-14-21-26(34(2)3)28(38)25(31(33)41)30(40)32(21,42)29(39)23(18)27(24)37/h5-10,12,18,21,26,36,38-39,42H,1,11,13-15H2,2-4H3,(H2,33,41)/t18-,21-,26-,32-/m0/s1. The Labute approximate surface area is 243 Å². The molecule has 5 rings (SSSR count). The van der Waals surface area contributed by atoms with Gasteiger partial charge in [-0.15, -0.1) is 6.58 Å². The zero-order valence-corrected chi connectivity index (χ0v) is 23.8. The van der Waals surface area contributed by atoms with E-state index in [-0.39, 0.29) is 29.7 Å². The third-order valence-corrected chi connectivity index (χ3v) is 8.74. The van der Waals surface area contributed by atoms with Crippen molar-refractivity contribution in [3.63, 3.8) is 0 Å². The lowest BCUT2D eigenvalue weighted by atomic mass is 9.58. The maximum atomic E-state index is 14.0. The monoisotopic (exact) mass is 573 g/mol. The number of likely N-dealkylation sites (N-methyl/N-ethyl adjacent to an activating group) is 2. The van der Waals surface area contributed by atoms with E-state index in [9.17, 15) is 34.8 Å². The van der Waals surface area contributed by atoms with E-state index in [1.807, 2.05) is 37.4 Å². The number of carbonyl (C=O) groups excluding carboxylic acids is 3. The number of aromatic hydroxyl groups is 1. The first kappa shape index (κ1) is 29.2. The van der Waals surface area contributed by atoms with Crippen molar-refractivity contribution in [3.05, 3.63) is 88.4 Å². The average molecular weight is 574 g/mol. The highest BCUT2D eigenvalue weighted by atomic mass is 16.3. The zero-order valence-electron chi connectivity index (χ0n) is 23.8. The van der Waals surface area contributed by atoms with E-state index in [4.69, 9.17) is 5.73 Å². The Morgan fingerprint density at radius 2 is 1.86 bits per heavy atom. The molecule has 2 aromatic carbocycles. The molecule has 0 aromatic heterocycles. The van der Waals surface area contributed by atoms with Gasteiger partial charge in [0.25, 0.3) is 5.91 Å². The normalized spacial score (nSPS) is 25.4. The van der Waals surface area contributed by atoms with Gasteiger partial charge >= 0.3 is 0 Å². The van der Waals surface area contributed by atoms with Crippen LogP contribution < -0.4 is 5.73 Å². The van der Waals surface area contributed by atoms with Gasteiger partial charge in [-0.25, -0.2) is 0 Å². The van der Waals surface area contributed by atoms with Gasteiger partial charge in [0.05, 0.1) is 11.6 Å². The van der Waals surface area contributed by atoms with E-state index in [1.54, 1.807) is 20.2 Å². The maximum Gasteiger partial charge on any atom is 0.255 e. The SMILES string of the molecule is C=CCN(C)Cc1cccc(-c2ccc(O)c3c2C[C@H]2C[C@H]4[C@H](N(C)C)C(O)=C(C(N)=O)C(=O)[C@@]4(O)C(O)=C2C3=O)c1. The van der Waals surface area contributed by atoms with Crippen molar-refractivity contribution in [1.29, 1.82) is 0 Å². The molecule has 220 valence electrons. The zero-order chi connectivity index (χ0) is 30.7. The highest BCUT2D eigenvalue weighted by molar-refractivity contribution is 6.24. The van der Waals surface area contributed by atoms with Crippen molar-refractivity contribution in [2.45, 2.75) is 31.0 Å². The fraction of sp³-hybridized carbons (Fsp3) is 0.344. The molecule has 3 aliphatic rings. The first-order chi connectivity index (χ1) is 19.8. The van der Waals surface area contributed by atoms with Crippen LogP contribution in [-0.4, -0.2) is 87.0 Å². The Hall–Kier alpha value is -4.25. The molecular formula is C32H35N3O7. The van der Waals surface area contributed by atoms with E-state index in [0.29, 0.717) is 18.7 Å². The molecule has 0 bridgehead atoms. The van der Waals surface area contributed by atoms with Crippen LogP contribution in [0.4, 0.5) is 0 Å². The van der Waals surface area contributed by atoms with E-state index in [0.717, 1.165) is 16.7 Å². The minimum atomic E-state index is -2.66. The number of aliphatic hydroxyl groups excluding tert-OH is 2. The largest absolute Gasteiger partial charge is 0.510 e. The number of phenolic OH excluding ortho intramolecular Hbond substituents is 1. The van der Waals surface area contributed by atoms with Crippen LogP contribution >= 0.6 is 0 Å². The fourth-order valence-corrected chi connectivity index (χ4v) is 6.95. The van der Waals surface area contributed by atoms with Gasteiger partial charge in [0.15, 0.2) is 11.4 Å². The number of nitrogens with two attached hydrogens (primary N) is 1. The average Bonchev–Trinajstić information content (AvgIpc) is 2.90. The molecule has 0 radical (unpaired) electrons. The van der Waals surface area contributed by atoms with Gasteiger partial charge < -0.3 is 26.2 Å². The molecule has 42 heavy (non-hydrogen) atoms. The molecular weight excluding hydrogens is 538 g/mol. The van der Waals surface area contributed by atoms with Gasteiger partial charge in [-0.1, -0.05) is 30.3 Å². The Morgan fingerprint density at radius 3 is 2.50 bits per heavy atom. The third kappa shape index (κ3) is 4.34. The second kappa shape index (κ2) is 10.5. The van der Waals surface area contributed by atoms with E-state index in [1.165, 1.54) is 11.0 Å². The summed E-state index contributed by atoms with van der Waals surface area (Å²) in [5.74, 6) is -6.69. The molecule has 10 nitrogen and oxygen atoms in total. The summed E-state index contributed by atoms with van der Waals surface area (Å²) < 4.78 is 0. The van der Waals surface area contributed by atoms with E-state index >= 15 is 0 Å². The second-order valence-corrected chi connectivity index (χ2v) is 11.6. The molecule has 0 unspecified atom stereocenters. The van der Waals surface area contributed by atoms with Crippen molar-refractivity contribution < 1.29 is 34.8 Å². The van der Waals surface area contributed by atoms with Crippen LogP contribution in [0.5, 0.6) is 5.75 Å². The van der Waals surface area contributed by atoms with Gasteiger partial charge in [-0.05, 0) is 74.3 Å². The number of carbonyl (C=O) groups is 3. The molecule has 1 amide bonds. The van der Waals surface area contributed by atoms with Crippen LogP contribution in [0.3, 0.4) is 0 Å². The number of phenols is 1. The number of benzene rings is 2. The second-order valence-electron chi connectivity index (χ2n) is 11.6. The molecule has 4 atom stereocenters. The van der Waals surface area contributed by atoms with Gasteiger partial charge in [0, 0.05) is 24.6 Å².